The van der Waals surface area contributed by atoms with Gasteiger partial charge in [-0.15, -0.1) is 5.10 Å². The van der Waals surface area contributed by atoms with Crippen molar-refractivity contribution in [3.63, 3.8) is 0 Å². The number of likely N-dealkylation sites (N-methyl/N-ethyl adjacent to an activating group) is 1. The minimum Gasteiger partial charge on any atom is -0.342 e. The van der Waals surface area contributed by atoms with E-state index in [0.717, 1.165) is 11.3 Å². The summed E-state index contributed by atoms with van der Waals surface area (Å²) in [6, 6.07) is 19.4. The first-order valence-electron chi connectivity index (χ1n) is 8.58. The molecule has 0 aliphatic carbocycles. The Kier molecular flexibility index (Phi) is 6.01. The zero-order chi connectivity index (χ0) is 18.4. The highest BCUT2D eigenvalue weighted by molar-refractivity contribution is 8.00. The Bertz CT molecular complexity index is 833. The summed E-state index contributed by atoms with van der Waals surface area (Å²) in [5.41, 5.74) is 1.80. The van der Waals surface area contributed by atoms with Crippen LogP contribution in [0.4, 0.5) is 0 Å². The Hall–Kier alpha value is -2.67. The van der Waals surface area contributed by atoms with Crippen molar-refractivity contribution in [3.05, 3.63) is 66.2 Å². The quantitative estimate of drug-likeness (QED) is 0.599. The third-order valence-corrected chi connectivity index (χ3v) is 5.24. The van der Waals surface area contributed by atoms with E-state index in [1.807, 2.05) is 79.4 Å². The zero-order valence-corrected chi connectivity index (χ0v) is 15.6. The molecule has 134 valence electrons. The van der Waals surface area contributed by atoms with E-state index in [9.17, 15) is 4.79 Å². The van der Waals surface area contributed by atoms with Gasteiger partial charge in [-0.1, -0.05) is 60.3 Å². The summed E-state index contributed by atoms with van der Waals surface area (Å²) in [6.45, 7) is 5.32. The van der Waals surface area contributed by atoms with E-state index in [-0.39, 0.29) is 5.91 Å². The number of tetrazole rings is 1. The average molecular weight is 367 g/mol. The van der Waals surface area contributed by atoms with Gasteiger partial charge in [0.05, 0.1) is 5.69 Å². The van der Waals surface area contributed by atoms with Crippen molar-refractivity contribution < 1.29 is 4.79 Å². The van der Waals surface area contributed by atoms with Crippen LogP contribution in [0.1, 0.15) is 24.7 Å². The Morgan fingerprint density at radius 2 is 1.65 bits per heavy atom. The van der Waals surface area contributed by atoms with E-state index in [1.54, 1.807) is 4.68 Å². The average Bonchev–Trinajstić information content (AvgIpc) is 3.16. The lowest BCUT2D eigenvalue weighted by Gasteiger charge is -2.24. The van der Waals surface area contributed by atoms with Crippen LogP contribution >= 0.6 is 11.8 Å². The fraction of sp³-hybridized carbons (Fsp3) is 0.263. The maximum Gasteiger partial charge on any atom is 0.240 e. The summed E-state index contributed by atoms with van der Waals surface area (Å²) < 4.78 is 1.66. The number of hydrogen-bond donors (Lipinski definition) is 0. The molecule has 3 aromatic rings. The van der Waals surface area contributed by atoms with E-state index in [0.29, 0.717) is 18.2 Å². The molecule has 26 heavy (non-hydrogen) atoms. The molecule has 1 atom stereocenters. The molecule has 1 heterocycles. The van der Waals surface area contributed by atoms with Crippen LogP contribution in [0, 0.1) is 0 Å². The summed E-state index contributed by atoms with van der Waals surface area (Å²) in [4.78, 5) is 14.9. The molecule has 7 heteroatoms. The van der Waals surface area contributed by atoms with Crippen LogP contribution in [0.5, 0.6) is 0 Å². The van der Waals surface area contributed by atoms with Crippen molar-refractivity contribution in [1.29, 1.82) is 0 Å². The van der Waals surface area contributed by atoms with Crippen molar-refractivity contribution in [3.8, 4) is 5.69 Å². The molecule has 0 radical (unpaired) electrons. The molecule has 0 aliphatic rings. The van der Waals surface area contributed by atoms with Gasteiger partial charge in [-0.25, -0.2) is 0 Å². The number of aromatic nitrogens is 4. The van der Waals surface area contributed by atoms with Crippen LogP contribution in [-0.2, 0) is 4.79 Å². The fourth-order valence-corrected chi connectivity index (χ4v) is 3.76. The highest BCUT2D eigenvalue weighted by Gasteiger charge is 2.28. The molecule has 0 bridgehead atoms. The van der Waals surface area contributed by atoms with Gasteiger partial charge in [0.2, 0.25) is 11.1 Å². The van der Waals surface area contributed by atoms with E-state index in [2.05, 4.69) is 15.5 Å². The highest BCUT2D eigenvalue weighted by Crippen LogP contribution is 2.36. The smallest absolute Gasteiger partial charge is 0.240 e. The molecular weight excluding hydrogens is 346 g/mol. The monoisotopic (exact) mass is 367 g/mol. The lowest BCUT2D eigenvalue weighted by atomic mass is 10.1. The van der Waals surface area contributed by atoms with Gasteiger partial charge in [0, 0.05) is 13.1 Å². The van der Waals surface area contributed by atoms with Gasteiger partial charge in [-0.2, -0.15) is 4.68 Å². The predicted molar refractivity (Wildman–Crippen MR) is 102 cm³/mol. The molecule has 0 unspecified atom stereocenters. The number of thioether (sulfide) groups is 1. The molecule has 0 N–H and O–H groups in total. The van der Waals surface area contributed by atoms with Crippen molar-refractivity contribution in [2.24, 2.45) is 0 Å². The number of nitrogens with zero attached hydrogens (tertiary/aromatic N) is 5. The second kappa shape index (κ2) is 8.62. The van der Waals surface area contributed by atoms with Gasteiger partial charge in [0.15, 0.2) is 0 Å². The lowest BCUT2D eigenvalue weighted by Crippen LogP contribution is -2.34. The van der Waals surface area contributed by atoms with Crippen LogP contribution in [0.25, 0.3) is 5.69 Å². The number of carbonyl (C=O) groups is 1. The molecular formula is C19H21N5OS. The van der Waals surface area contributed by atoms with Crippen LogP contribution < -0.4 is 0 Å². The maximum absolute atomic E-state index is 13.1. The molecule has 2 aromatic carbocycles. The Balaban J connectivity index is 1.95. The molecule has 1 amide bonds. The maximum atomic E-state index is 13.1. The first-order valence-corrected chi connectivity index (χ1v) is 9.46. The van der Waals surface area contributed by atoms with E-state index in [1.165, 1.54) is 11.8 Å². The van der Waals surface area contributed by atoms with Gasteiger partial charge in [0.25, 0.3) is 0 Å². The molecule has 6 nitrogen and oxygen atoms in total. The number of carbonyl (C=O) groups excluding carboxylic acids is 1. The van der Waals surface area contributed by atoms with Crippen molar-refractivity contribution >= 4 is 17.7 Å². The van der Waals surface area contributed by atoms with Gasteiger partial charge in [-0.3, -0.25) is 4.79 Å². The summed E-state index contributed by atoms with van der Waals surface area (Å²) in [6.07, 6.45) is 0. The first kappa shape index (κ1) is 18.1. The van der Waals surface area contributed by atoms with Crippen molar-refractivity contribution in [2.45, 2.75) is 24.3 Å². The van der Waals surface area contributed by atoms with E-state index in [4.69, 9.17) is 0 Å². The Labute approximate surface area is 157 Å². The zero-order valence-electron chi connectivity index (χ0n) is 14.8. The second-order valence-corrected chi connectivity index (χ2v) is 6.70. The number of para-hydroxylation sites is 1. The summed E-state index contributed by atoms with van der Waals surface area (Å²) in [5.74, 6) is 0.0637. The van der Waals surface area contributed by atoms with Gasteiger partial charge in [0.1, 0.15) is 5.25 Å². The topological polar surface area (TPSA) is 63.9 Å². The molecule has 0 aliphatic heterocycles. The molecule has 0 saturated heterocycles. The Morgan fingerprint density at radius 3 is 2.27 bits per heavy atom. The second-order valence-electron chi connectivity index (χ2n) is 5.63. The number of rotatable bonds is 7. The predicted octanol–water partition coefficient (Wildman–Crippen LogP) is 3.36. The largest absolute Gasteiger partial charge is 0.342 e. The fourth-order valence-electron chi connectivity index (χ4n) is 2.68. The number of hydrogen-bond acceptors (Lipinski definition) is 5. The molecule has 0 fully saturated rings. The third kappa shape index (κ3) is 3.94. The molecule has 0 spiro atoms. The van der Waals surface area contributed by atoms with Crippen LogP contribution in [0.3, 0.4) is 0 Å². The number of amides is 1. The molecule has 1 aromatic heterocycles. The van der Waals surface area contributed by atoms with Crippen LogP contribution in [0.2, 0.25) is 0 Å². The van der Waals surface area contributed by atoms with E-state index < -0.39 is 5.25 Å². The van der Waals surface area contributed by atoms with Gasteiger partial charge >= 0.3 is 0 Å². The van der Waals surface area contributed by atoms with E-state index >= 15 is 0 Å². The van der Waals surface area contributed by atoms with Crippen molar-refractivity contribution in [1.82, 2.24) is 25.1 Å². The van der Waals surface area contributed by atoms with Crippen LogP contribution in [-0.4, -0.2) is 44.1 Å². The number of benzene rings is 2. The SMILES string of the molecule is CCN(CC)C(=O)[C@@H](Sc1nnnn1-c1ccccc1)c1ccccc1. The van der Waals surface area contributed by atoms with Gasteiger partial charge in [-0.05, 0) is 42.0 Å². The molecule has 3 rings (SSSR count). The first-order chi connectivity index (χ1) is 12.7. The minimum atomic E-state index is -0.399. The summed E-state index contributed by atoms with van der Waals surface area (Å²) >= 11 is 1.37. The van der Waals surface area contributed by atoms with Crippen LogP contribution in [0.15, 0.2) is 65.8 Å². The standard InChI is InChI=1S/C19H21N5OS/c1-3-23(4-2)18(25)17(15-11-7-5-8-12-15)26-19-20-21-22-24(19)16-13-9-6-10-14-16/h5-14,17H,3-4H2,1-2H3/t17-/m0/s1. The van der Waals surface area contributed by atoms with Gasteiger partial charge < -0.3 is 4.90 Å². The lowest BCUT2D eigenvalue weighted by molar-refractivity contribution is -0.130. The Morgan fingerprint density at radius 1 is 1.04 bits per heavy atom. The molecule has 0 saturated carbocycles. The third-order valence-electron chi connectivity index (χ3n) is 4.07. The minimum absolute atomic E-state index is 0.0637. The van der Waals surface area contributed by atoms with Crippen molar-refractivity contribution in [2.75, 3.05) is 13.1 Å². The summed E-state index contributed by atoms with van der Waals surface area (Å²) in [7, 11) is 0. The normalized spacial score (nSPS) is 11.9. The highest BCUT2D eigenvalue weighted by atomic mass is 32.2. The summed E-state index contributed by atoms with van der Waals surface area (Å²) in [5, 5.41) is 12.2.